The monoisotopic (exact) mass is 571 g/mol. The zero-order valence-electron chi connectivity index (χ0n) is 20.1. The van der Waals surface area contributed by atoms with Crippen LogP contribution in [0.1, 0.15) is 21.5 Å². The van der Waals surface area contributed by atoms with E-state index >= 15 is 0 Å². The van der Waals surface area contributed by atoms with Crippen molar-refractivity contribution in [2.75, 3.05) is 24.4 Å². The van der Waals surface area contributed by atoms with Crippen molar-refractivity contribution >= 4 is 70.0 Å². The highest BCUT2D eigenvalue weighted by atomic mass is 35.5. The van der Waals surface area contributed by atoms with Gasteiger partial charge in [-0.15, -0.1) is 0 Å². The number of halogens is 3. The second-order valence-corrected chi connectivity index (χ2v) is 9.03. The zero-order valence-corrected chi connectivity index (χ0v) is 22.4. The SMILES string of the molecule is COC(=O)c1ccc(NC(=O)/C(C#N)=C\c2cc(Cl)c(OCC(=O)Nc3ccc(C)c(Cl)c3)c(Cl)c2)cc1. The molecule has 0 unspecified atom stereocenters. The van der Waals surface area contributed by atoms with Crippen LogP contribution >= 0.6 is 34.8 Å². The highest BCUT2D eigenvalue weighted by Crippen LogP contribution is 2.35. The quantitative estimate of drug-likeness (QED) is 0.186. The van der Waals surface area contributed by atoms with Crippen LogP contribution in [0.4, 0.5) is 11.4 Å². The number of nitrogens with one attached hydrogen (secondary N) is 2. The molecule has 0 aliphatic carbocycles. The third kappa shape index (κ3) is 7.49. The van der Waals surface area contributed by atoms with Gasteiger partial charge < -0.3 is 20.1 Å². The maximum Gasteiger partial charge on any atom is 0.337 e. The molecule has 0 aliphatic rings. The summed E-state index contributed by atoms with van der Waals surface area (Å²) in [6, 6.07) is 15.8. The van der Waals surface area contributed by atoms with Gasteiger partial charge in [0.05, 0.1) is 22.7 Å². The van der Waals surface area contributed by atoms with Gasteiger partial charge >= 0.3 is 5.97 Å². The van der Waals surface area contributed by atoms with Gasteiger partial charge in [-0.25, -0.2) is 4.79 Å². The first-order valence-corrected chi connectivity index (χ1v) is 12.0. The molecule has 2 amide bonds. The van der Waals surface area contributed by atoms with Crippen molar-refractivity contribution < 1.29 is 23.9 Å². The molecule has 3 rings (SSSR count). The molecule has 0 spiro atoms. The average Bonchev–Trinajstić information content (AvgIpc) is 2.88. The first kappa shape index (κ1) is 28.5. The number of esters is 1. The number of carbonyl (C=O) groups is 3. The van der Waals surface area contributed by atoms with E-state index in [-0.39, 0.29) is 28.0 Å². The summed E-state index contributed by atoms with van der Waals surface area (Å²) in [6.07, 6.45) is 1.30. The molecule has 0 fully saturated rings. The van der Waals surface area contributed by atoms with Gasteiger partial charge in [0.25, 0.3) is 11.8 Å². The number of amides is 2. The van der Waals surface area contributed by atoms with Gasteiger partial charge in [0, 0.05) is 16.4 Å². The van der Waals surface area contributed by atoms with Gasteiger partial charge in [-0.1, -0.05) is 40.9 Å². The number of nitriles is 1. The molecule has 194 valence electrons. The summed E-state index contributed by atoms with van der Waals surface area (Å²) < 4.78 is 10.1. The molecule has 0 aliphatic heterocycles. The van der Waals surface area contributed by atoms with E-state index in [0.29, 0.717) is 27.5 Å². The first-order chi connectivity index (χ1) is 18.1. The molecule has 0 saturated carbocycles. The van der Waals surface area contributed by atoms with E-state index in [0.717, 1.165) is 5.56 Å². The molecule has 0 heterocycles. The molecule has 0 aromatic heterocycles. The normalized spacial score (nSPS) is 10.8. The number of hydrogen-bond acceptors (Lipinski definition) is 6. The van der Waals surface area contributed by atoms with E-state index in [4.69, 9.17) is 39.5 Å². The summed E-state index contributed by atoms with van der Waals surface area (Å²) in [6.45, 7) is 1.47. The smallest absolute Gasteiger partial charge is 0.337 e. The number of rotatable bonds is 8. The Kier molecular flexibility index (Phi) is 9.74. The van der Waals surface area contributed by atoms with Crippen molar-refractivity contribution in [2.24, 2.45) is 0 Å². The standard InChI is InChI=1S/C27H20Cl3N3O5/c1-15-3-6-20(12-21(15)28)32-24(34)14-38-25-22(29)10-16(11-23(25)30)9-18(13-31)26(35)33-19-7-4-17(5-8-19)27(36)37-2/h3-12H,14H2,1-2H3,(H,32,34)(H,33,35)/b18-9-. The number of methoxy groups -OCH3 is 1. The van der Waals surface area contributed by atoms with Crippen LogP contribution in [0.5, 0.6) is 5.75 Å². The number of carbonyl (C=O) groups excluding carboxylic acids is 3. The molecule has 11 heteroatoms. The third-order valence-corrected chi connectivity index (χ3v) is 6.03. The summed E-state index contributed by atoms with van der Waals surface area (Å²) in [4.78, 5) is 36.4. The molecular weight excluding hydrogens is 553 g/mol. The summed E-state index contributed by atoms with van der Waals surface area (Å²) in [5, 5.41) is 15.4. The van der Waals surface area contributed by atoms with Gasteiger partial charge in [-0.3, -0.25) is 9.59 Å². The molecule has 0 saturated heterocycles. The third-order valence-electron chi connectivity index (χ3n) is 5.06. The largest absolute Gasteiger partial charge is 0.481 e. The van der Waals surface area contributed by atoms with E-state index in [1.807, 2.05) is 13.0 Å². The van der Waals surface area contributed by atoms with Crippen molar-refractivity contribution in [1.29, 1.82) is 5.26 Å². The number of nitrogens with zero attached hydrogens (tertiary/aromatic N) is 1. The average molecular weight is 573 g/mol. The fourth-order valence-electron chi connectivity index (χ4n) is 3.13. The predicted molar refractivity (Wildman–Crippen MR) is 147 cm³/mol. The lowest BCUT2D eigenvalue weighted by atomic mass is 10.1. The first-order valence-electron chi connectivity index (χ1n) is 10.9. The minimum Gasteiger partial charge on any atom is -0.481 e. The minimum absolute atomic E-state index is 0.0660. The Morgan fingerprint density at radius 2 is 1.55 bits per heavy atom. The Bertz CT molecular complexity index is 1440. The molecule has 3 aromatic rings. The fourth-order valence-corrected chi connectivity index (χ4v) is 3.92. The number of benzene rings is 3. The van der Waals surface area contributed by atoms with Crippen LogP contribution in [-0.2, 0) is 14.3 Å². The van der Waals surface area contributed by atoms with Crippen molar-refractivity contribution in [2.45, 2.75) is 6.92 Å². The lowest BCUT2D eigenvalue weighted by Crippen LogP contribution is -2.20. The number of aryl methyl sites for hydroxylation is 1. The molecule has 0 bridgehead atoms. The van der Waals surface area contributed by atoms with Crippen LogP contribution in [0.3, 0.4) is 0 Å². The van der Waals surface area contributed by atoms with Gasteiger partial charge in [0.1, 0.15) is 11.6 Å². The van der Waals surface area contributed by atoms with E-state index < -0.39 is 17.8 Å². The Balaban J connectivity index is 1.67. The Hall–Kier alpha value is -4.03. The predicted octanol–water partition coefficient (Wildman–Crippen LogP) is 6.31. The van der Waals surface area contributed by atoms with Crippen molar-refractivity contribution in [3.05, 3.63) is 91.9 Å². The summed E-state index contributed by atoms with van der Waals surface area (Å²) in [5.74, 6) is -1.59. The maximum absolute atomic E-state index is 12.6. The van der Waals surface area contributed by atoms with Crippen LogP contribution < -0.4 is 15.4 Å². The fraction of sp³-hybridized carbons (Fsp3) is 0.111. The number of ether oxygens (including phenoxy) is 2. The van der Waals surface area contributed by atoms with E-state index in [1.165, 1.54) is 49.6 Å². The molecule has 2 N–H and O–H groups in total. The zero-order chi connectivity index (χ0) is 27.8. The molecule has 8 nitrogen and oxygen atoms in total. The van der Waals surface area contributed by atoms with Crippen LogP contribution in [0.25, 0.3) is 6.08 Å². The van der Waals surface area contributed by atoms with Gasteiger partial charge in [-0.2, -0.15) is 5.26 Å². The number of hydrogen-bond donors (Lipinski definition) is 2. The highest BCUT2D eigenvalue weighted by Gasteiger charge is 2.15. The molecule has 38 heavy (non-hydrogen) atoms. The minimum atomic E-state index is -0.682. The summed E-state index contributed by atoms with van der Waals surface area (Å²) >= 11 is 18.7. The van der Waals surface area contributed by atoms with Crippen LogP contribution in [0.2, 0.25) is 15.1 Å². The Labute approximate surface area is 233 Å². The van der Waals surface area contributed by atoms with Crippen molar-refractivity contribution in [3.8, 4) is 11.8 Å². The number of anilines is 2. The maximum atomic E-state index is 12.6. The van der Waals surface area contributed by atoms with Crippen molar-refractivity contribution in [3.63, 3.8) is 0 Å². The van der Waals surface area contributed by atoms with Crippen LogP contribution in [0.15, 0.2) is 60.2 Å². The topological polar surface area (TPSA) is 118 Å². The van der Waals surface area contributed by atoms with Crippen LogP contribution in [-0.4, -0.2) is 31.5 Å². The van der Waals surface area contributed by atoms with Gasteiger partial charge in [0.15, 0.2) is 12.4 Å². The Morgan fingerprint density at radius 3 is 2.13 bits per heavy atom. The second kappa shape index (κ2) is 13.0. The van der Waals surface area contributed by atoms with E-state index in [9.17, 15) is 19.6 Å². The van der Waals surface area contributed by atoms with E-state index in [1.54, 1.807) is 18.2 Å². The van der Waals surface area contributed by atoms with Crippen molar-refractivity contribution in [1.82, 2.24) is 0 Å². The summed E-state index contributed by atoms with van der Waals surface area (Å²) in [5.41, 5.74) is 2.20. The lowest BCUT2D eigenvalue weighted by molar-refractivity contribution is -0.118. The lowest BCUT2D eigenvalue weighted by Gasteiger charge is -2.12. The second-order valence-electron chi connectivity index (χ2n) is 7.81. The molecular formula is C27H20Cl3N3O5. The molecule has 0 atom stereocenters. The van der Waals surface area contributed by atoms with Crippen LogP contribution in [0, 0.1) is 18.3 Å². The van der Waals surface area contributed by atoms with Gasteiger partial charge in [-0.05, 0) is 72.7 Å². The molecule has 3 aromatic carbocycles. The highest BCUT2D eigenvalue weighted by molar-refractivity contribution is 6.37. The van der Waals surface area contributed by atoms with E-state index in [2.05, 4.69) is 15.4 Å². The van der Waals surface area contributed by atoms with Gasteiger partial charge in [0.2, 0.25) is 0 Å². The Morgan fingerprint density at radius 1 is 0.921 bits per heavy atom. The summed E-state index contributed by atoms with van der Waals surface area (Å²) in [7, 11) is 1.26. The molecule has 0 radical (unpaired) electrons.